The molecule has 0 bridgehead atoms. The number of hydrogen-bond acceptors (Lipinski definition) is 6. The first-order valence-electron chi connectivity index (χ1n) is 6.61. The van der Waals surface area contributed by atoms with Crippen molar-refractivity contribution in [3.8, 4) is 0 Å². The van der Waals surface area contributed by atoms with Gasteiger partial charge in [-0.15, -0.1) is 11.3 Å². The van der Waals surface area contributed by atoms with Crippen LogP contribution in [0.25, 0.3) is 0 Å². The maximum Gasteiger partial charge on any atom is 0.308 e. The second-order valence-corrected chi connectivity index (χ2v) is 5.84. The summed E-state index contributed by atoms with van der Waals surface area (Å²) in [5, 5.41) is 2.51. The summed E-state index contributed by atoms with van der Waals surface area (Å²) in [5.41, 5.74) is 6.19. The van der Waals surface area contributed by atoms with Crippen LogP contribution in [0.2, 0.25) is 0 Å². The molecule has 0 aromatic carbocycles. The van der Waals surface area contributed by atoms with Crippen LogP contribution in [0.1, 0.15) is 41.3 Å². The zero-order chi connectivity index (χ0) is 14.7. The number of nitrogens with zero attached hydrogens (tertiary/aromatic N) is 2. The molecule has 0 radical (unpaired) electrons. The van der Waals surface area contributed by atoms with Crippen LogP contribution in [-0.2, 0) is 9.53 Å². The molecule has 110 valence electrons. The van der Waals surface area contributed by atoms with Crippen LogP contribution in [0, 0.1) is 5.92 Å². The Morgan fingerprint density at radius 2 is 2.15 bits per heavy atom. The number of likely N-dealkylation sites (tertiary alicyclic amines) is 1. The van der Waals surface area contributed by atoms with Gasteiger partial charge in [0.1, 0.15) is 10.7 Å². The number of methoxy groups -OCH3 is 1. The van der Waals surface area contributed by atoms with E-state index in [4.69, 9.17) is 10.5 Å². The average molecular weight is 297 g/mol. The SMILES string of the molecule is COC(=O)C1CCN(C(=O)c2csc(C(C)N)n2)CC1. The zero-order valence-corrected chi connectivity index (χ0v) is 12.5. The third-order valence-electron chi connectivity index (χ3n) is 3.45. The minimum atomic E-state index is -0.190. The number of carbonyl (C=O) groups excluding carboxylic acids is 2. The van der Waals surface area contributed by atoms with Gasteiger partial charge in [-0.2, -0.15) is 0 Å². The minimum absolute atomic E-state index is 0.0866. The van der Waals surface area contributed by atoms with Crippen molar-refractivity contribution in [3.05, 3.63) is 16.1 Å². The number of amides is 1. The van der Waals surface area contributed by atoms with Crippen molar-refractivity contribution < 1.29 is 14.3 Å². The van der Waals surface area contributed by atoms with Crippen molar-refractivity contribution in [1.29, 1.82) is 0 Å². The quantitative estimate of drug-likeness (QED) is 0.847. The molecule has 2 rings (SSSR count). The first-order valence-corrected chi connectivity index (χ1v) is 7.49. The van der Waals surface area contributed by atoms with Gasteiger partial charge in [-0.3, -0.25) is 9.59 Å². The highest BCUT2D eigenvalue weighted by Gasteiger charge is 2.29. The Kier molecular flexibility index (Phi) is 4.72. The molecule has 0 aliphatic carbocycles. The molecule has 1 aromatic rings. The molecular formula is C13H19N3O3S. The van der Waals surface area contributed by atoms with Gasteiger partial charge in [0.15, 0.2) is 0 Å². The second kappa shape index (κ2) is 6.32. The molecule has 1 fully saturated rings. The lowest BCUT2D eigenvalue weighted by Gasteiger charge is -2.30. The van der Waals surface area contributed by atoms with Crippen LogP contribution in [0.15, 0.2) is 5.38 Å². The summed E-state index contributed by atoms with van der Waals surface area (Å²) in [7, 11) is 1.39. The largest absolute Gasteiger partial charge is 0.469 e. The van der Waals surface area contributed by atoms with Crippen LogP contribution < -0.4 is 5.73 Å². The maximum atomic E-state index is 12.3. The van der Waals surface area contributed by atoms with E-state index in [0.29, 0.717) is 31.6 Å². The molecule has 2 N–H and O–H groups in total. The van der Waals surface area contributed by atoms with Gasteiger partial charge in [-0.25, -0.2) is 4.98 Å². The van der Waals surface area contributed by atoms with E-state index in [1.165, 1.54) is 18.4 Å². The van der Waals surface area contributed by atoms with Gasteiger partial charge in [0.05, 0.1) is 19.1 Å². The molecule has 1 saturated heterocycles. The molecule has 1 aliphatic heterocycles. The molecule has 1 unspecified atom stereocenters. The summed E-state index contributed by atoms with van der Waals surface area (Å²) in [6.45, 7) is 2.96. The third kappa shape index (κ3) is 3.16. The smallest absolute Gasteiger partial charge is 0.308 e. The molecule has 0 saturated carbocycles. The topological polar surface area (TPSA) is 85.5 Å². The van der Waals surface area contributed by atoms with Gasteiger partial charge in [0, 0.05) is 18.5 Å². The van der Waals surface area contributed by atoms with E-state index >= 15 is 0 Å². The van der Waals surface area contributed by atoms with E-state index in [0.717, 1.165) is 5.01 Å². The van der Waals surface area contributed by atoms with Crippen LogP contribution in [-0.4, -0.2) is 42.0 Å². The fourth-order valence-corrected chi connectivity index (χ4v) is 2.99. The number of hydrogen-bond donors (Lipinski definition) is 1. The average Bonchev–Trinajstić information content (AvgIpc) is 2.96. The number of ether oxygens (including phenoxy) is 1. The number of esters is 1. The summed E-state index contributed by atoms with van der Waals surface area (Å²) >= 11 is 1.40. The highest BCUT2D eigenvalue weighted by molar-refractivity contribution is 7.09. The first-order chi connectivity index (χ1) is 9.52. The lowest BCUT2D eigenvalue weighted by Crippen LogP contribution is -2.40. The summed E-state index contributed by atoms with van der Waals surface area (Å²) in [4.78, 5) is 29.7. The van der Waals surface area contributed by atoms with Gasteiger partial charge in [-0.1, -0.05) is 0 Å². The van der Waals surface area contributed by atoms with Crippen LogP contribution in [0.5, 0.6) is 0 Å². The Balaban J connectivity index is 1.96. The maximum absolute atomic E-state index is 12.3. The van der Waals surface area contributed by atoms with E-state index in [9.17, 15) is 9.59 Å². The molecule has 20 heavy (non-hydrogen) atoms. The Labute approximate surface area is 121 Å². The molecule has 1 aromatic heterocycles. The van der Waals surface area contributed by atoms with Gasteiger partial charge < -0.3 is 15.4 Å². The molecule has 1 aliphatic rings. The summed E-state index contributed by atoms with van der Waals surface area (Å²) in [5.74, 6) is -0.374. The van der Waals surface area contributed by atoms with Crippen LogP contribution in [0.3, 0.4) is 0 Å². The predicted molar refractivity (Wildman–Crippen MR) is 75.4 cm³/mol. The molecule has 0 spiro atoms. The van der Waals surface area contributed by atoms with Crippen molar-refractivity contribution in [2.45, 2.75) is 25.8 Å². The summed E-state index contributed by atoms with van der Waals surface area (Å²) in [6.07, 6.45) is 1.28. The lowest BCUT2D eigenvalue weighted by molar-refractivity contribution is -0.146. The highest BCUT2D eigenvalue weighted by atomic mass is 32.1. The first kappa shape index (κ1) is 14.9. The highest BCUT2D eigenvalue weighted by Crippen LogP contribution is 2.22. The minimum Gasteiger partial charge on any atom is -0.469 e. The van der Waals surface area contributed by atoms with Crippen molar-refractivity contribution in [3.63, 3.8) is 0 Å². The number of carbonyl (C=O) groups is 2. The monoisotopic (exact) mass is 297 g/mol. The van der Waals surface area contributed by atoms with Gasteiger partial charge in [0.2, 0.25) is 0 Å². The predicted octanol–water partition coefficient (Wildman–Crippen LogP) is 1.19. The number of piperidine rings is 1. The van der Waals surface area contributed by atoms with Crippen molar-refractivity contribution in [2.75, 3.05) is 20.2 Å². The summed E-state index contributed by atoms with van der Waals surface area (Å²) < 4.78 is 4.73. The standard InChI is InChI=1S/C13H19N3O3S/c1-8(14)11-15-10(7-20-11)12(17)16-5-3-9(4-6-16)13(18)19-2/h7-9H,3-6,14H2,1-2H3. The Morgan fingerprint density at radius 1 is 1.50 bits per heavy atom. The van der Waals surface area contributed by atoms with E-state index in [-0.39, 0.29) is 23.8 Å². The van der Waals surface area contributed by atoms with Gasteiger partial charge in [0.25, 0.3) is 5.91 Å². The fourth-order valence-electron chi connectivity index (χ4n) is 2.24. The van der Waals surface area contributed by atoms with E-state index in [1.54, 1.807) is 10.3 Å². The molecule has 1 amide bonds. The number of aromatic nitrogens is 1. The van der Waals surface area contributed by atoms with Crippen LogP contribution in [0.4, 0.5) is 0 Å². The third-order valence-corrected chi connectivity index (χ3v) is 4.49. The molecular weight excluding hydrogens is 278 g/mol. The normalized spacial score (nSPS) is 17.9. The fraction of sp³-hybridized carbons (Fsp3) is 0.615. The Bertz CT molecular complexity index is 493. The number of rotatable bonds is 3. The Hall–Kier alpha value is -1.47. The van der Waals surface area contributed by atoms with E-state index in [2.05, 4.69) is 4.98 Å². The van der Waals surface area contributed by atoms with Crippen molar-refractivity contribution in [2.24, 2.45) is 11.7 Å². The summed E-state index contributed by atoms with van der Waals surface area (Å²) in [6, 6.07) is -0.161. The van der Waals surface area contributed by atoms with E-state index in [1.807, 2.05) is 6.92 Å². The molecule has 1 atom stereocenters. The van der Waals surface area contributed by atoms with Crippen molar-refractivity contribution >= 4 is 23.2 Å². The molecule has 2 heterocycles. The van der Waals surface area contributed by atoms with Gasteiger partial charge in [-0.05, 0) is 19.8 Å². The van der Waals surface area contributed by atoms with Crippen LogP contribution >= 0.6 is 11.3 Å². The van der Waals surface area contributed by atoms with Gasteiger partial charge >= 0.3 is 5.97 Å². The molecule has 6 nitrogen and oxygen atoms in total. The van der Waals surface area contributed by atoms with Crippen molar-refractivity contribution in [1.82, 2.24) is 9.88 Å². The second-order valence-electron chi connectivity index (χ2n) is 4.95. The lowest BCUT2D eigenvalue weighted by atomic mass is 9.97. The zero-order valence-electron chi connectivity index (χ0n) is 11.7. The Morgan fingerprint density at radius 3 is 2.65 bits per heavy atom. The number of thiazole rings is 1. The number of nitrogens with two attached hydrogens (primary N) is 1. The molecule has 7 heteroatoms. The van der Waals surface area contributed by atoms with E-state index < -0.39 is 0 Å².